The summed E-state index contributed by atoms with van der Waals surface area (Å²) < 4.78 is 31.7. The molecule has 0 saturated heterocycles. The van der Waals surface area contributed by atoms with Crippen LogP contribution in [0.4, 0.5) is 4.79 Å². The van der Waals surface area contributed by atoms with E-state index in [-0.39, 0.29) is 30.2 Å². The van der Waals surface area contributed by atoms with Crippen LogP contribution in [0.2, 0.25) is 0 Å². The normalized spacial score (nSPS) is 11.5. The lowest BCUT2D eigenvalue weighted by Crippen LogP contribution is -2.35. The van der Waals surface area contributed by atoms with Crippen molar-refractivity contribution in [3.8, 4) is 0 Å². The number of benzene rings is 1. The summed E-state index contributed by atoms with van der Waals surface area (Å²) in [6.07, 6.45) is -0.598. The Morgan fingerprint density at radius 3 is 2.37 bits per heavy atom. The predicted molar refractivity (Wildman–Crippen MR) is 112 cm³/mol. The molecule has 164 valence electrons. The number of rotatable bonds is 9. The summed E-state index contributed by atoms with van der Waals surface area (Å²) in [4.78, 5) is 38.5. The van der Waals surface area contributed by atoms with Crippen LogP contribution in [0.25, 0.3) is 10.9 Å². The Kier molecular flexibility index (Phi) is 7.95. The van der Waals surface area contributed by atoms with E-state index in [1.165, 1.54) is 22.5 Å². The first-order valence-corrected chi connectivity index (χ1v) is 11.0. The summed E-state index contributed by atoms with van der Waals surface area (Å²) in [6, 6.07) is 5.36. The molecule has 0 aliphatic rings. The van der Waals surface area contributed by atoms with Gasteiger partial charge in [-0.25, -0.2) is 13.2 Å². The molecule has 0 aliphatic heterocycles. The molecule has 0 unspecified atom stereocenters. The first kappa shape index (κ1) is 23.4. The molecule has 0 fully saturated rings. The van der Waals surface area contributed by atoms with Gasteiger partial charge in [-0.15, -0.1) is 0 Å². The van der Waals surface area contributed by atoms with Crippen molar-refractivity contribution >= 4 is 32.9 Å². The van der Waals surface area contributed by atoms with E-state index in [0.29, 0.717) is 24.0 Å². The van der Waals surface area contributed by atoms with Crippen LogP contribution in [0.5, 0.6) is 0 Å². The number of nitrogens with zero attached hydrogens (tertiary/aromatic N) is 1. The van der Waals surface area contributed by atoms with Crippen LogP contribution in [0.3, 0.4) is 0 Å². The highest BCUT2D eigenvalue weighted by molar-refractivity contribution is 7.89. The molecule has 3 N–H and O–H groups in total. The van der Waals surface area contributed by atoms with E-state index >= 15 is 0 Å². The van der Waals surface area contributed by atoms with Crippen molar-refractivity contribution in [1.82, 2.24) is 19.9 Å². The molecule has 0 bridgehead atoms. The first-order chi connectivity index (χ1) is 14.2. The molecule has 1 heterocycles. The highest BCUT2D eigenvalue weighted by atomic mass is 32.2. The number of sulfonamides is 1. The Bertz CT molecular complexity index is 1080. The predicted octanol–water partition coefficient (Wildman–Crippen LogP) is 1.03. The number of aromatic nitrogens is 1. The fourth-order valence-electron chi connectivity index (χ4n) is 2.91. The fourth-order valence-corrected chi connectivity index (χ4v) is 4.40. The van der Waals surface area contributed by atoms with E-state index < -0.39 is 27.6 Å². The molecule has 30 heavy (non-hydrogen) atoms. The van der Waals surface area contributed by atoms with E-state index in [2.05, 4.69) is 15.6 Å². The van der Waals surface area contributed by atoms with E-state index in [1.807, 2.05) is 0 Å². The highest BCUT2D eigenvalue weighted by Crippen LogP contribution is 2.22. The van der Waals surface area contributed by atoms with Crippen LogP contribution < -0.4 is 16.2 Å². The molecular weight excluding hydrogens is 412 g/mol. The number of hydrogen-bond donors (Lipinski definition) is 3. The molecule has 0 saturated carbocycles. The van der Waals surface area contributed by atoms with Crippen molar-refractivity contribution in [2.24, 2.45) is 0 Å². The van der Waals surface area contributed by atoms with Gasteiger partial charge in [0.15, 0.2) is 0 Å². The van der Waals surface area contributed by atoms with Gasteiger partial charge in [0.25, 0.3) is 5.91 Å². The van der Waals surface area contributed by atoms with Gasteiger partial charge < -0.3 is 20.4 Å². The number of carbonyl (C=O) groups excluding carboxylic acids is 2. The number of nitrogens with one attached hydrogen (secondary N) is 3. The zero-order chi connectivity index (χ0) is 22.3. The van der Waals surface area contributed by atoms with Gasteiger partial charge in [0, 0.05) is 43.1 Å². The highest BCUT2D eigenvalue weighted by Gasteiger charge is 2.23. The minimum atomic E-state index is -3.73. The second-order valence-corrected chi connectivity index (χ2v) is 8.19. The summed E-state index contributed by atoms with van der Waals surface area (Å²) in [6.45, 7) is 6.23. The van der Waals surface area contributed by atoms with Crippen LogP contribution in [-0.2, 0) is 14.8 Å². The van der Waals surface area contributed by atoms with Gasteiger partial charge in [-0.05, 0) is 25.1 Å². The molecule has 0 spiro atoms. The maximum atomic E-state index is 12.8. The second-order valence-electron chi connectivity index (χ2n) is 6.25. The van der Waals surface area contributed by atoms with Crippen LogP contribution >= 0.6 is 0 Å². The minimum absolute atomic E-state index is 0.0313. The smallest absolute Gasteiger partial charge is 0.407 e. The van der Waals surface area contributed by atoms with Gasteiger partial charge in [0.05, 0.1) is 17.1 Å². The molecule has 0 radical (unpaired) electrons. The number of carbonyl (C=O) groups is 2. The van der Waals surface area contributed by atoms with Crippen LogP contribution in [0.1, 0.15) is 31.1 Å². The third-order valence-electron chi connectivity index (χ3n) is 4.36. The Balaban J connectivity index is 2.32. The van der Waals surface area contributed by atoms with Crippen molar-refractivity contribution in [3.63, 3.8) is 0 Å². The Morgan fingerprint density at radius 1 is 1.07 bits per heavy atom. The van der Waals surface area contributed by atoms with Crippen LogP contribution in [-0.4, -0.2) is 62.5 Å². The quantitative estimate of drug-likeness (QED) is 0.500. The average molecular weight is 439 g/mol. The Labute approximate surface area is 174 Å². The van der Waals surface area contributed by atoms with E-state index in [1.54, 1.807) is 20.8 Å². The van der Waals surface area contributed by atoms with Crippen LogP contribution in [0.15, 0.2) is 34.0 Å². The number of amides is 2. The number of aromatic amines is 1. The average Bonchev–Trinajstić information content (AvgIpc) is 2.71. The fraction of sp³-hybridized carbons (Fsp3) is 0.421. The number of hydrogen-bond acceptors (Lipinski definition) is 6. The first-order valence-electron chi connectivity index (χ1n) is 9.60. The summed E-state index contributed by atoms with van der Waals surface area (Å²) in [5, 5.41) is 5.37. The minimum Gasteiger partial charge on any atom is -0.450 e. The van der Waals surface area contributed by atoms with E-state index in [4.69, 9.17) is 4.74 Å². The Hall–Kier alpha value is -2.92. The van der Waals surface area contributed by atoms with Crippen molar-refractivity contribution < 1.29 is 22.7 Å². The molecule has 10 nitrogen and oxygen atoms in total. The molecule has 1 aromatic heterocycles. The summed E-state index contributed by atoms with van der Waals surface area (Å²) in [5.41, 5.74) is -0.103. The lowest BCUT2D eigenvalue weighted by Gasteiger charge is -2.19. The van der Waals surface area contributed by atoms with Gasteiger partial charge in [-0.3, -0.25) is 9.59 Å². The third kappa shape index (κ3) is 5.36. The van der Waals surface area contributed by atoms with Crippen LogP contribution in [0, 0.1) is 0 Å². The third-order valence-corrected chi connectivity index (χ3v) is 6.40. The molecule has 2 aromatic rings. The standard InChI is InChI=1S/C19H26N4O6S/c1-4-23(5-2)30(27,28)13-7-8-16-14(11-13)15(12-17(24)22-16)18(25)20-9-10-21-19(26)29-6-3/h7-8,11-12H,4-6,9-10H2,1-3H3,(H,20,25)(H,21,26)(H,22,24). The van der Waals surface area contributed by atoms with Crippen molar-refractivity contribution in [2.75, 3.05) is 32.8 Å². The molecule has 1 aromatic carbocycles. The van der Waals surface area contributed by atoms with Crippen molar-refractivity contribution in [3.05, 3.63) is 40.2 Å². The number of fused-ring (bicyclic) bond motifs is 1. The van der Waals surface area contributed by atoms with Crippen molar-refractivity contribution in [2.45, 2.75) is 25.7 Å². The summed E-state index contributed by atoms with van der Waals surface area (Å²) in [7, 11) is -3.73. The lowest BCUT2D eigenvalue weighted by atomic mass is 10.1. The molecule has 0 atom stereocenters. The Morgan fingerprint density at radius 2 is 1.73 bits per heavy atom. The maximum Gasteiger partial charge on any atom is 0.407 e. The summed E-state index contributed by atoms with van der Waals surface area (Å²) in [5.74, 6) is -0.561. The van der Waals surface area contributed by atoms with Gasteiger partial charge in [0.1, 0.15) is 0 Å². The zero-order valence-corrected chi connectivity index (χ0v) is 18.0. The van der Waals surface area contributed by atoms with Gasteiger partial charge in [-0.1, -0.05) is 13.8 Å². The lowest BCUT2D eigenvalue weighted by molar-refractivity contribution is 0.0953. The number of H-pyrrole nitrogens is 1. The number of ether oxygens (including phenoxy) is 1. The number of pyridine rings is 1. The molecule has 2 rings (SSSR count). The van der Waals surface area contributed by atoms with E-state index in [9.17, 15) is 22.8 Å². The largest absolute Gasteiger partial charge is 0.450 e. The van der Waals surface area contributed by atoms with Gasteiger partial charge in [-0.2, -0.15) is 4.31 Å². The van der Waals surface area contributed by atoms with Gasteiger partial charge in [0.2, 0.25) is 15.6 Å². The second kappa shape index (κ2) is 10.2. The number of alkyl carbamates (subject to hydrolysis) is 1. The monoisotopic (exact) mass is 438 g/mol. The van der Waals surface area contributed by atoms with Gasteiger partial charge >= 0.3 is 6.09 Å². The molecule has 11 heteroatoms. The van der Waals surface area contributed by atoms with Crippen molar-refractivity contribution in [1.29, 1.82) is 0 Å². The molecule has 2 amide bonds. The molecule has 0 aliphatic carbocycles. The van der Waals surface area contributed by atoms with E-state index in [0.717, 1.165) is 6.07 Å². The maximum absolute atomic E-state index is 12.8. The topological polar surface area (TPSA) is 138 Å². The molecular formula is C19H26N4O6S. The zero-order valence-electron chi connectivity index (χ0n) is 17.1. The summed E-state index contributed by atoms with van der Waals surface area (Å²) >= 11 is 0. The SMILES string of the molecule is CCOC(=O)NCCNC(=O)c1cc(=O)[nH]c2ccc(S(=O)(=O)N(CC)CC)cc12.